The van der Waals surface area contributed by atoms with Crippen LogP contribution in [-0.4, -0.2) is 0 Å². The zero-order chi connectivity index (χ0) is 15.4. The Morgan fingerprint density at radius 3 is 2.00 bits per heavy atom. The Hall–Kier alpha value is -2.54. The normalized spacial score (nSPS) is 10.5. The third-order valence-electron chi connectivity index (χ3n) is 4.00. The molecular formula is C21H21N. The van der Waals surface area contributed by atoms with Crippen molar-refractivity contribution in [1.29, 1.82) is 0 Å². The predicted octanol–water partition coefficient (Wildman–Crippen LogP) is 5.97. The highest BCUT2D eigenvalue weighted by Crippen LogP contribution is 2.24. The van der Waals surface area contributed by atoms with E-state index < -0.39 is 0 Å². The summed E-state index contributed by atoms with van der Waals surface area (Å²) in [5, 5.41) is 3.47. The summed E-state index contributed by atoms with van der Waals surface area (Å²) in [5.41, 5.74) is 7.49. The largest absolute Gasteiger partial charge is 0.356 e. The first kappa shape index (κ1) is 14.4. The zero-order valence-corrected chi connectivity index (χ0v) is 13.1. The van der Waals surface area contributed by atoms with E-state index in [1.54, 1.807) is 0 Å². The van der Waals surface area contributed by atoms with Gasteiger partial charge in [0, 0.05) is 11.4 Å². The molecular weight excluding hydrogens is 266 g/mol. The molecule has 1 heteroatoms. The molecule has 0 aliphatic carbocycles. The maximum Gasteiger partial charge on any atom is 0.0387 e. The number of benzene rings is 3. The molecule has 0 bridgehead atoms. The van der Waals surface area contributed by atoms with Crippen LogP contribution in [0.25, 0.3) is 11.1 Å². The van der Waals surface area contributed by atoms with Gasteiger partial charge in [-0.25, -0.2) is 0 Å². The van der Waals surface area contributed by atoms with Crippen LogP contribution in [0.2, 0.25) is 0 Å². The molecule has 0 radical (unpaired) electrons. The van der Waals surface area contributed by atoms with Crippen molar-refractivity contribution in [2.45, 2.75) is 20.3 Å². The molecule has 1 nitrogen and oxygen atoms in total. The van der Waals surface area contributed by atoms with Crippen LogP contribution in [0.5, 0.6) is 0 Å². The van der Waals surface area contributed by atoms with E-state index >= 15 is 0 Å². The van der Waals surface area contributed by atoms with Gasteiger partial charge < -0.3 is 5.32 Å². The van der Waals surface area contributed by atoms with Crippen molar-refractivity contribution in [3.63, 3.8) is 0 Å². The van der Waals surface area contributed by atoms with Gasteiger partial charge in [-0.2, -0.15) is 0 Å². The second kappa shape index (κ2) is 6.48. The number of hydrogen-bond donors (Lipinski definition) is 1. The van der Waals surface area contributed by atoms with Crippen molar-refractivity contribution in [1.82, 2.24) is 0 Å². The van der Waals surface area contributed by atoms with Crippen LogP contribution < -0.4 is 5.32 Å². The topological polar surface area (TPSA) is 12.0 Å². The van der Waals surface area contributed by atoms with Crippen LogP contribution in [0.15, 0.2) is 72.8 Å². The van der Waals surface area contributed by atoms with Crippen molar-refractivity contribution in [3.8, 4) is 11.1 Å². The molecule has 0 heterocycles. The number of anilines is 2. The highest BCUT2D eigenvalue weighted by Gasteiger charge is 2.00. The Kier molecular flexibility index (Phi) is 4.24. The van der Waals surface area contributed by atoms with E-state index in [-0.39, 0.29) is 0 Å². The molecule has 1 N–H and O–H groups in total. The second-order valence-electron chi connectivity index (χ2n) is 5.56. The van der Waals surface area contributed by atoms with Gasteiger partial charge >= 0.3 is 0 Å². The fourth-order valence-electron chi connectivity index (χ4n) is 2.71. The first-order chi connectivity index (χ1) is 10.8. The molecule has 0 fully saturated rings. The third-order valence-corrected chi connectivity index (χ3v) is 4.00. The first-order valence-corrected chi connectivity index (χ1v) is 7.78. The fourth-order valence-corrected chi connectivity index (χ4v) is 2.71. The van der Waals surface area contributed by atoms with Crippen LogP contribution in [0.4, 0.5) is 11.4 Å². The van der Waals surface area contributed by atoms with Gasteiger partial charge in [0.25, 0.3) is 0 Å². The molecule has 0 aliphatic rings. The summed E-state index contributed by atoms with van der Waals surface area (Å²) in [6.07, 6.45) is 1.08. The van der Waals surface area contributed by atoms with E-state index in [2.05, 4.69) is 85.9 Å². The summed E-state index contributed by atoms with van der Waals surface area (Å²) >= 11 is 0. The van der Waals surface area contributed by atoms with E-state index in [4.69, 9.17) is 0 Å². The molecule has 0 atom stereocenters. The summed E-state index contributed by atoms with van der Waals surface area (Å²) in [6, 6.07) is 25.6. The van der Waals surface area contributed by atoms with Crippen molar-refractivity contribution in [3.05, 3.63) is 83.9 Å². The van der Waals surface area contributed by atoms with Gasteiger partial charge in [-0.1, -0.05) is 55.5 Å². The van der Waals surface area contributed by atoms with Gasteiger partial charge in [0.05, 0.1) is 0 Å². The van der Waals surface area contributed by atoms with Gasteiger partial charge in [-0.05, 0) is 59.9 Å². The van der Waals surface area contributed by atoms with Crippen LogP contribution in [0, 0.1) is 6.92 Å². The van der Waals surface area contributed by atoms with Gasteiger partial charge in [0.15, 0.2) is 0 Å². The van der Waals surface area contributed by atoms with Crippen molar-refractivity contribution >= 4 is 11.4 Å². The SMILES string of the molecule is CCc1ccc(Nc2ccc(-c3ccccc3)cc2)cc1C. The van der Waals surface area contributed by atoms with E-state index in [0.717, 1.165) is 17.8 Å². The lowest BCUT2D eigenvalue weighted by Gasteiger charge is -2.10. The Bertz CT molecular complexity index is 743. The van der Waals surface area contributed by atoms with Crippen molar-refractivity contribution < 1.29 is 0 Å². The van der Waals surface area contributed by atoms with Crippen LogP contribution in [0.1, 0.15) is 18.1 Å². The van der Waals surface area contributed by atoms with E-state index in [1.165, 1.54) is 22.3 Å². The Labute approximate surface area is 132 Å². The Balaban J connectivity index is 1.78. The molecule has 0 spiro atoms. The zero-order valence-electron chi connectivity index (χ0n) is 13.1. The van der Waals surface area contributed by atoms with Crippen molar-refractivity contribution in [2.75, 3.05) is 5.32 Å². The molecule has 0 aliphatic heterocycles. The average Bonchev–Trinajstić information content (AvgIpc) is 2.57. The third kappa shape index (κ3) is 3.20. The number of rotatable bonds is 4. The predicted molar refractivity (Wildman–Crippen MR) is 95.7 cm³/mol. The Morgan fingerprint density at radius 1 is 0.727 bits per heavy atom. The van der Waals surface area contributed by atoms with Crippen LogP contribution in [-0.2, 0) is 6.42 Å². The molecule has 0 aromatic heterocycles. The maximum atomic E-state index is 3.47. The van der Waals surface area contributed by atoms with E-state index in [9.17, 15) is 0 Å². The van der Waals surface area contributed by atoms with Gasteiger partial charge in [-0.3, -0.25) is 0 Å². The first-order valence-electron chi connectivity index (χ1n) is 7.78. The summed E-state index contributed by atoms with van der Waals surface area (Å²) < 4.78 is 0. The summed E-state index contributed by atoms with van der Waals surface area (Å²) in [5.74, 6) is 0. The molecule has 110 valence electrons. The molecule has 0 unspecified atom stereocenters. The van der Waals surface area contributed by atoms with Crippen molar-refractivity contribution in [2.24, 2.45) is 0 Å². The number of aryl methyl sites for hydroxylation is 2. The summed E-state index contributed by atoms with van der Waals surface area (Å²) in [4.78, 5) is 0. The van der Waals surface area contributed by atoms with Gasteiger partial charge in [-0.15, -0.1) is 0 Å². The lowest BCUT2D eigenvalue weighted by atomic mass is 10.0. The van der Waals surface area contributed by atoms with Crippen LogP contribution >= 0.6 is 0 Å². The number of nitrogens with one attached hydrogen (secondary N) is 1. The number of hydrogen-bond acceptors (Lipinski definition) is 1. The molecule has 0 amide bonds. The lowest BCUT2D eigenvalue weighted by Crippen LogP contribution is -1.93. The minimum absolute atomic E-state index is 1.08. The minimum atomic E-state index is 1.08. The Morgan fingerprint density at radius 2 is 1.36 bits per heavy atom. The minimum Gasteiger partial charge on any atom is -0.356 e. The van der Waals surface area contributed by atoms with Gasteiger partial charge in [0.2, 0.25) is 0 Å². The average molecular weight is 287 g/mol. The lowest BCUT2D eigenvalue weighted by molar-refractivity contribution is 1.11. The summed E-state index contributed by atoms with van der Waals surface area (Å²) in [6.45, 7) is 4.36. The molecule has 3 rings (SSSR count). The summed E-state index contributed by atoms with van der Waals surface area (Å²) in [7, 11) is 0. The second-order valence-corrected chi connectivity index (χ2v) is 5.56. The molecule has 0 saturated carbocycles. The molecule has 3 aromatic rings. The molecule has 0 saturated heterocycles. The highest BCUT2D eigenvalue weighted by atomic mass is 14.9. The highest BCUT2D eigenvalue weighted by molar-refractivity contribution is 5.68. The quantitative estimate of drug-likeness (QED) is 0.623. The van der Waals surface area contributed by atoms with Gasteiger partial charge in [0.1, 0.15) is 0 Å². The maximum absolute atomic E-state index is 3.47. The monoisotopic (exact) mass is 287 g/mol. The van der Waals surface area contributed by atoms with E-state index in [0.29, 0.717) is 0 Å². The smallest absolute Gasteiger partial charge is 0.0387 e. The molecule has 22 heavy (non-hydrogen) atoms. The van der Waals surface area contributed by atoms with E-state index in [1.807, 2.05) is 6.07 Å². The molecule has 3 aromatic carbocycles. The standard InChI is InChI=1S/C21H21N/c1-3-17-9-14-21(15-16(17)2)22-20-12-10-19(11-13-20)18-7-5-4-6-8-18/h4-15,22H,3H2,1-2H3. The fraction of sp³-hybridized carbons (Fsp3) is 0.143. The van der Waals surface area contributed by atoms with Crippen LogP contribution in [0.3, 0.4) is 0 Å².